The van der Waals surface area contributed by atoms with Crippen LogP contribution in [0.3, 0.4) is 0 Å². The van der Waals surface area contributed by atoms with Crippen molar-refractivity contribution in [2.75, 3.05) is 7.11 Å². The first-order chi connectivity index (χ1) is 6.70. The second kappa shape index (κ2) is 3.45. The Morgan fingerprint density at radius 2 is 2.14 bits per heavy atom. The molecule has 0 unspecified atom stereocenters. The molecule has 0 heterocycles. The molecule has 1 aliphatic rings. The summed E-state index contributed by atoms with van der Waals surface area (Å²) < 4.78 is 4.68. The Labute approximate surface area is 83.9 Å². The summed E-state index contributed by atoms with van der Waals surface area (Å²) in [5.41, 5.74) is 2.72. The van der Waals surface area contributed by atoms with Crippen molar-refractivity contribution < 1.29 is 9.53 Å². The van der Waals surface area contributed by atoms with Crippen molar-refractivity contribution >= 4 is 5.97 Å². The van der Waals surface area contributed by atoms with E-state index in [1.807, 2.05) is 12.1 Å². The third kappa shape index (κ3) is 1.79. The van der Waals surface area contributed by atoms with Crippen LogP contribution >= 0.6 is 0 Å². The van der Waals surface area contributed by atoms with Crippen LogP contribution in [0.1, 0.15) is 40.2 Å². The quantitative estimate of drug-likeness (QED) is 0.668. The molecule has 0 bridgehead atoms. The second-order valence-corrected chi connectivity index (χ2v) is 3.73. The van der Waals surface area contributed by atoms with E-state index in [1.165, 1.54) is 25.5 Å². The standard InChI is InChI=1S/C12H13O2/c1-8-5-10(9-3-4-9)7-11(6-8)12(13)14-2/h5-7,9H,1,3-4H2,2H3. The molecular weight excluding hydrogens is 176 g/mol. The molecule has 0 aliphatic heterocycles. The molecule has 0 amide bonds. The fraction of sp³-hybridized carbons (Fsp3) is 0.333. The number of carbonyl (C=O) groups is 1. The number of carbonyl (C=O) groups excluding carboxylic acids is 1. The fourth-order valence-corrected chi connectivity index (χ4v) is 1.61. The molecule has 14 heavy (non-hydrogen) atoms. The fourth-order valence-electron chi connectivity index (χ4n) is 1.61. The molecule has 0 spiro atoms. The maximum Gasteiger partial charge on any atom is 0.337 e. The molecule has 1 saturated carbocycles. The van der Waals surface area contributed by atoms with E-state index in [2.05, 4.69) is 11.7 Å². The largest absolute Gasteiger partial charge is 0.465 e. The summed E-state index contributed by atoms with van der Waals surface area (Å²) >= 11 is 0. The zero-order chi connectivity index (χ0) is 10.1. The molecule has 0 aromatic heterocycles. The van der Waals surface area contributed by atoms with E-state index >= 15 is 0 Å². The van der Waals surface area contributed by atoms with Crippen molar-refractivity contribution in [1.82, 2.24) is 0 Å². The van der Waals surface area contributed by atoms with Gasteiger partial charge in [0.2, 0.25) is 0 Å². The highest BCUT2D eigenvalue weighted by atomic mass is 16.5. The Hall–Kier alpha value is -1.31. The van der Waals surface area contributed by atoms with Crippen LogP contribution in [0.25, 0.3) is 0 Å². The Balaban J connectivity index is 2.35. The van der Waals surface area contributed by atoms with E-state index in [0.29, 0.717) is 11.5 Å². The van der Waals surface area contributed by atoms with Crippen LogP contribution in [-0.2, 0) is 4.74 Å². The first-order valence-corrected chi connectivity index (χ1v) is 4.76. The maximum absolute atomic E-state index is 11.3. The third-order valence-electron chi connectivity index (χ3n) is 2.48. The Morgan fingerprint density at radius 1 is 1.43 bits per heavy atom. The van der Waals surface area contributed by atoms with Gasteiger partial charge in [0.05, 0.1) is 12.7 Å². The number of rotatable bonds is 2. The third-order valence-corrected chi connectivity index (χ3v) is 2.48. The highest BCUT2D eigenvalue weighted by Crippen LogP contribution is 2.40. The monoisotopic (exact) mass is 189 g/mol. The van der Waals surface area contributed by atoms with Gasteiger partial charge in [-0.2, -0.15) is 0 Å². The number of esters is 1. The minimum Gasteiger partial charge on any atom is -0.465 e. The molecule has 2 nitrogen and oxygen atoms in total. The molecule has 0 atom stereocenters. The highest BCUT2D eigenvalue weighted by Gasteiger charge is 2.24. The molecule has 0 N–H and O–H groups in total. The number of hydrogen-bond donors (Lipinski definition) is 0. The van der Waals surface area contributed by atoms with Gasteiger partial charge in [0.1, 0.15) is 0 Å². The van der Waals surface area contributed by atoms with Crippen LogP contribution in [0.4, 0.5) is 0 Å². The SMILES string of the molecule is [CH2]c1cc(C(=O)OC)cc(C2CC2)c1. The van der Waals surface area contributed by atoms with Gasteiger partial charge in [-0.15, -0.1) is 0 Å². The van der Waals surface area contributed by atoms with Crippen LogP contribution in [0.5, 0.6) is 0 Å². The predicted octanol–water partition coefficient (Wildman–Crippen LogP) is 2.53. The summed E-state index contributed by atoms with van der Waals surface area (Å²) in [6, 6.07) is 5.72. The summed E-state index contributed by atoms with van der Waals surface area (Å²) in [6.45, 7) is 3.86. The Kier molecular flexibility index (Phi) is 2.28. The normalized spacial score (nSPS) is 15.3. The van der Waals surface area contributed by atoms with Crippen molar-refractivity contribution in [3.05, 3.63) is 41.8 Å². The van der Waals surface area contributed by atoms with Gasteiger partial charge >= 0.3 is 5.97 Å². The van der Waals surface area contributed by atoms with Crippen molar-refractivity contribution in [3.63, 3.8) is 0 Å². The Bertz CT molecular complexity index is 365. The van der Waals surface area contributed by atoms with Gasteiger partial charge < -0.3 is 4.74 Å². The van der Waals surface area contributed by atoms with E-state index in [9.17, 15) is 4.79 Å². The van der Waals surface area contributed by atoms with Gasteiger partial charge in [-0.3, -0.25) is 0 Å². The molecule has 1 aliphatic carbocycles. The average molecular weight is 189 g/mol. The van der Waals surface area contributed by atoms with Gasteiger partial charge in [0, 0.05) is 0 Å². The average Bonchev–Trinajstić information content (AvgIpc) is 2.98. The molecule has 1 aromatic carbocycles. The van der Waals surface area contributed by atoms with E-state index in [-0.39, 0.29) is 5.97 Å². The first kappa shape index (κ1) is 9.25. The lowest BCUT2D eigenvalue weighted by Gasteiger charge is -2.04. The maximum atomic E-state index is 11.3. The smallest absolute Gasteiger partial charge is 0.337 e. The topological polar surface area (TPSA) is 26.3 Å². The lowest BCUT2D eigenvalue weighted by molar-refractivity contribution is 0.0600. The summed E-state index contributed by atoms with van der Waals surface area (Å²) in [4.78, 5) is 11.3. The zero-order valence-electron chi connectivity index (χ0n) is 8.25. The summed E-state index contributed by atoms with van der Waals surface area (Å²) in [5, 5.41) is 0. The van der Waals surface area contributed by atoms with Crippen molar-refractivity contribution in [2.45, 2.75) is 18.8 Å². The van der Waals surface area contributed by atoms with Crippen LogP contribution in [0.15, 0.2) is 18.2 Å². The van der Waals surface area contributed by atoms with Gasteiger partial charge in [-0.1, -0.05) is 6.07 Å². The van der Waals surface area contributed by atoms with Crippen LogP contribution < -0.4 is 0 Å². The molecule has 73 valence electrons. The number of benzene rings is 1. The summed E-state index contributed by atoms with van der Waals surface area (Å²) in [7, 11) is 1.40. The highest BCUT2D eigenvalue weighted by molar-refractivity contribution is 5.89. The van der Waals surface area contributed by atoms with E-state index in [1.54, 1.807) is 6.07 Å². The van der Waals surface area contributed by atoms with Crippen molar-refractivity contribution in [2.24, 2.45) is 0 Å². The Morgan fingerprint density at radius 3 is 2.71 bits per heavy atom. The van der Waals surface area contributed by atoms with Crippen LogP contribution in [0, 0.1) is 6.92 Å². The van der Waals surface area contributed by atoms with Crippen molar-refractivity contribution in [1.29, 1.82) is 0 Å². The number of ether oxygens (including phenoxy) is 1. The predicted molar refractivity (Wildman–Crippen MR) is 54.2 cm³/mol. The summed E-state index contributed by atoms with van der Waals surface area (Å²) in [5.74, 6) is 0.359. The first-order valence-electron chi connectivity index (χ1n) is 4.76. The van der Waals surface area contributed by atoms with E-state index in [0.717, 1.165) is 5.56 Å². The zero-order valence-corrected chi connectivity index (χ0v) is 8.25. The van der Waals surface area contributed by atoms with Gasteiger partial charge in [-0.05, 0) is 48.9 Å². The van der Waals surface area contributed by atoms with Crippen LogP contribution in [-0.4, -0.2) is 13.1 Å². The van der Waals surface area contributed by atoms with E-state index < -0.39 is 0 Å². The molecule has 0 saturated heterocycles. The number of hydrogen-bond acceptors (Lipinski definition) is 2. The van der Waals surface area contributed by atoms with Gasteiger partial charge in [-0.25, -0.2) is 4.79 Å². The van der Waals surface area contributed by atoms with Crippen LogP contribution in [0.2, 0.25) is 0 Å². The molecule has 2 heteroatoms. The number of methoxy groups -OCH3 is 1. The molecular formula is C12H13O2. The lowest BCUT2D eigenvalue weighted by Crippen LogP contribution is -2.02. The van der Waals surface area contributed by atoms with E-state index in [4.69, 9.17) is 0 Å². The van der Waals surface area contributed by atoms with Gasteiger partial charge in [0.25, 0.3) is 0 Å². The van der Waals surface area contributed by atoms with Crippen molar-refractivity contribution in [3.8, 4) is 0 Å². The van der Waals surface area contributed by atoms with Gasteiger partial charge in [0.15, 0.2) is 0 Å². The molecule has 1 aromatic rings. The second-order valence-electron chi connectivity index (χ2n) is 3.73. The minimum atomic E-state index is -0.280. The molecule has 2 rings (SSSR count). The summed E-state index contributed by atoms with van der Waals surface area (Å²) in [6.07, 6.45) is 2.45. The molecule has 1 fully saturated rings. The lowest BCUT2D eigenvalue weighted by atomic mass is 10.0. The minimum absolute atomic E-state index is 0.280. The molecule has 1 radical (unpaired) electrons.